The zero-order valence-electron chi connectivity index (χ0n) is 8.93. The molecule has 3 nitrogen and oxygen atoms in total. The van der Waals surface area contributed by atoms with E-state index in [2.05, 4.69) is 18.2 Å². The summed E-state index contributed by atoms with van der Waals surface area (Å²) in [4.78, 5) is 10.7. The smallest absolute Gasteiger partial charge is 0.253 e. The van der Waals surface area contributed by atoms with Gasteiger partial charge >= 0.3 is 0 Å². The third-order valence-corrected chi connectivity index (χ3v) is 3.64. The summed E-state index contributed by atoms with van der Waals surface area (Å²) in [7, 11) is 0. The Morgan fingerprint density at radius 1 is 1.25 bits per heavy atom. The Hall–Kier alpha value is -1.64. The van der Waals surface area contributed by atoms with Crippen LogP contribution in [0, 0.1) is 22.0 Å². The van der Waals surface area contributed by atoms with E-state index in [0.717, 1.165) is 19.3 Å². The van der Waals surface area contributed by atoms with Crippen LogP contribution in [0.4, 0.5) is 0 Å². The highest BCUT2D eigenvalue weighted by atomic mass is 16.6. The SMILES string of the molecule is O=[N+]([O-])C1=CC=CC2C=C3CCC3=CC1C2. The van der Waals surface area contributed by atoms with Crippen LogP contribution >= 0.6 is 0 Å². The van der Waals surface area contributed by atoms with Crippen molar-refractivity contribution >= 4 is 0 Å². The molecule has 3 rings (SSSR count). The summed E-state index contributed by atoms with van der Waals surface area (Å²) in [5.74, 6) is 0.349. The fourth-order valence-corrected chi connectivity index (χ4v) is 2.68. The second-order valence-electron chi connectivity index (χ2n) is 4.62. The van der Waals surface area contributed by atoms with Gasteiger partial charge in [0.15, 0.2) is 0 Å². The third-order valence-electron chi connectivity index (χ3n) is 3.64. The zero-order chi connectivity index (χ0) is 11.1. The predicted octanol–water partition coefficient (Wildman–Crippen LogP) is 3.00. The molecule has 0 aliphatic heterocycles. The van der Waals surface area contributed by atoms with Crippen molar-refractivity contribution in [3.05, 3.63) is 57.3 Å². The highest BCUT2D eigenvalue weighted by Gasteiger charge is 2.31. The predicted molar refractivity (Wildman–Crippen MR) is 61.2 cm³/mol. The molecule has 3 aliphatic carbocycles. The van der Waals surface area contributed by atoms with Crippen molar-refractivity contribution in [1.82, 2.24) is 0 Å². The lowest BCUT2D eigenvalue weighted by atomic mass is 9.84. The van der Waals surface area contributed by atoms with Gasteiger partial charge in [0.25, 0.3) is 5.70 Å². The Morgan fingerprint density at radius 3 is 2.69 bits per heavy atom. The number of hydrogen-bond donors (Lipinski definition) is 0. The van der Waals surface area contributed by atoms with E-state index < -0.39 is 0 Å². The minimum Gasteiger partial charge on any atom is -0.259 e. The lowest BCUT2D eigenvalue weighted by Crippen LogP contribution is -2.12. The zero-order valence-corrected chi connectivity index (χ0v) is 8.93. The van der Waals surface area contributed by atoms with Crippen LogP contribution in [-0.2, 0) is 0 Å². The molecule has 1 saturated carbocycles. The van der Waals surface area contributed by atoms with Crippen LogP contribution in [0.15, 0.2) is 47.2 Å². The van der Waals surface area contributed by atoms with E-state index in [0.29, 0.717) is 11.6 Å². The van der Waals surface area contributed by atoms with Crippen molar-refractivity contribution in [2.45, 2.75) is 19.3 Å². The first kappa shape index (κ1) is 9.58. The Bertz CT molecular complexity index is 468. The normalized spacial score (nSPS) is 31.1. The van der Waals surface area contributed by atoms with E-state index in [1.165, 1.54) is 11.1 Å². The lowest BCUT2D eigenvalue weighted by Gasteiger charge is -2.21. The topological polar surface area (TPSA) is 43.1 Å². The van der Waals surface area contributed by atoms with Gasteiger partial charge in [-0.25, -0.2) is 0 Å². The van der Waals surface area contributed by atoms with E-state index in [4.69, 9.17) is 0 Å². The first-order valence-electron chi connectivity index (χ1n) is 5.68. The molecule has 3 heteroatoms. The van der Waals surface area contributed by atoms with Crippen LogP contribution in [0.1, 0.15) is 19.3 Å². The molecule has 16 heavy (non-hydrogen) atoms. The van der Waals surface area contributed by atoms with Crippen LogP contribution < -0.4 is 0 Å². The lowest BCUT2D eigenvalue weighted by molar-refractivity contribution is -0.432. The van der Waals surface area contributed by atoms with Gasteiger partial charge in [0.2, 0.25) is 0 Å². The molecule has 0 N–H and O–H groups in total. The molecule has 0 heterocycles. The summed E-state index contributed by atoms with van der Waals surface area (Å²) in [6.45, 7) is 0. The van der Waals surface area contributed by atoms with Gasteiger partial charge in [0, 0.05) is 6.08 Å². The molecule has 82 valence electrons. The van der Waals surface area contributed by atoms with Gasteiger partial charge in [0.1, 0.15) is 0 Å². The molecular formula is C13H13NO2. The molecule has 0 spiro atoms. The molecule has 2 atom stereocenters. The molecule has 2 unspecified atom stereocenters. The van der Waals surface area contributed by atoms with E-state index >= 15 is 0 Å². The highest BCUT2D eigenvalue weighted by molar-refractivity contribution is 5.44. The summed E-state index contributed by atoms with van der Waals surface area (Å²) in [5.41, 5.74) is 3.07. The van der Waals surface area contributed by atoms with Crippen molar-refractivity contribution in [2.75, 3.05) is 0 Å². The molecule has 0 saturated heterocycles. The summed E-state index contributed by atoms with van der Waals surface area (Å²) in [6.07, 6.45) is 13.0. The first-order chi connectivity index (χ1) is 7.74. The molecule has 0 aromatic carbocycles. The quantitative estimate of drug-likeness (QED) is 0.498. The van der Waals surface area contributed by atoms with Crippen molar-refractivity contribution < 1.29 is 4.92 Å². The van der Waals surface area contributed by atoms with E-state index in [-0.39, 0.29) is 10.8 Å². The molecule has 3 aliphatic rings. The molecule has 0 aromatic heterocycles. The minimum absolute atomic E-state index is 0.0148. The Kier molecular flexibility index (Phi) is 2.06. The van der Waals surface area contributed by atoms with Crippen LogP contribution in [-0.4, -0.2) is 4.92 Å². The first-order valence-corrected chi connectivity index (χ1v) is 5.68. The molecular weight excluding hydrogens is 202 g/mol. The molecule has 1 fully saturated rings. The van der Waals surface area contributed by atoms with Gasteiger partial charge in [-0.05, 0) is 36.3 Å². The summed E-state index contributed by atoms with van der Waals surface area (Å²) >= 11 is 0. The maximum atomic E-state index is 11.0. The fraction of sp³-hybridized carbons (Fsp3) is 0.385. The Morgan fingerprint density at radius 2 is 2.00 bits per heavy atom. The molecule has 0 radical (unpaired) electrons. The maximum Gasteiger partial charge on any atom is 0.253 e. The maximum absolute atomic E-state index is 11.0. The number of nitro groups is 1. The average Bonchev–Trinajstić information content (AvgIpc) is 2.48. The minimum atomic E-state index is -0.238. The van der Waals surface area contributed by atoms with E-state index in [1.54, 1.807) is 6.08 Å². The van der Waals surface area contributed by atoms with Gasteiger partial charge in [-0.2, -0.15) is 0 Å². The summed E-state index contributed by atoms with van der Waals surface area (Å²) in [6, 6.07) is 0. The number of rotatable bonds is 1. The average molecular weight is 215 g/mol. The second kappa shape index (κ2) is 3.44. The van der Waals surface area contributed by atoms with Gasteiger partial charge < -0.3 is 0 Å². The van der Waals surface area contributed by atoms with Gasteiger partial charge in [0.05, 0.1) is 10.8 Å². The molecule has 2 bridgehead atoms. The van der Waals surface area contributed by atoms with Gasteiger partial charge in [-0.15, -0.1) is 0 Å². The number of nitrogens with zero attached hydrogens (tertiary/aromatic N) is 1. The third kappa shape index (κ3) is 1.43. The van der Waals surface area contributed by atoms with E-state index in [1.807, 2.05) is 6.08 Å². The van der Waals surface area contributed by atoms with Crippen LogP contribution in [0.25, 0.3) is 0 Å². The molecule has 0 aromatic rings. The van der Waals surface area contributed by atoms with Crippen LogP contribution in [0.5, 0.6) is 0 Å². The number of allylic oxidation sites excluding steroid dienone is 7. The van der Waals surface area contributed by atoms with Crippen molar-refractivity contribution in [1.29, 1.82) is 0 Å². The van der Waals surface area contributed by atoms with Crippen molar-refractivity contribution in [2.24, 2.45) is 11.8 Å². The van der Waals surface area contributed by atoms with Crippen LogP contribution in [0.3, 0.4) is 0 Å². The van der Waals surface area contributed by atoms with Crippen molar-refractivity contribution in [3.8, 4) is 0 Å². The monoisotopic (exact) mass is 215 g/mol. The summed E-state index contributed by atoms with van der Waals surface area (Å²) < 4.78 is 0. The molecule has 0 amide bonds. The highest BCUT2D eigenvalue weighted by Crippen LogP contribution is 2.41. The number of fused-ring (bicyclic) bond motifs is 3. The number of hydrogen-bond acceptors (Lipinski definition) is 2. The van der Waals surface area contributed by atoms with Crippen LogP contribution in [0.2, 0.25) is 0 Å². The second-order valence-corrected chi connectivity index (χ2v) is 4.62. The largest absolute Gasteiger partial charge is 0.259 e. The fourth-order valence-electron chi connectivity index (χ4n) is 2.68. The standard InChI is InChI=1S/C13H13NO2/c15-14(16)13-3-1-2-9-6-10-4-5-11(10)8-12(13)7-9/h1-3,6,8-9,12H,4-5,7H2. The summed E-state index contributed by atoms with van der Waals surface area (Å²) in [5, 5.41) is 11.0. The van der Waals surface area contributed by atoms with Crippen molar-refractivity contribution in [3.63, 3.8) is 0 Å². The Labute approximate surface area is 94.0 Å². The Balaban J connectivity index is 2.02. The van der Waals surface area contributed by atoms with E-state index in [9.17, 15) is 10.1 Å². The van der Waals surface area contributed by atoms with Gasteiger partial charge in [-0.1, -0.05) is 24.3 Å². The van der Waals surface area contributed by atoms with Gasteiger partial charge in [-0.3, -0.25) is 10.1 Å².